The number of benzene rings is 2. The number of nitrogens with one attached hydrogen (secondary N) is 1. The van der Waals surface area contributed by atoms with Crippen LogP contribution in [0.3, 0.4) is 0 Å². The highest BCUT2D eigenvalue weighted by Crippen LogP contribution is 2.27. The van der Waals surface area contributed by atoms with Crippen LogP contribution in [-0.2, 0) is 21.4 Å². The first-order chi connectivity index (χ1) is 13.8. The van der Waals surface area contributed by atoms with Crippen molar-refractivity contribution in [1.29, 1.82) is 0 Å². The van der Waals surface area contributed by atoms with Crippen molar-refractivity contribution in [2.45, 2.75) is 38.1 Å². The molecule has 1 atom stereocenters. The smallest absolute Gasteiger partial charge is 0.243 e. The summed E-state index contributed by atoms with van der Waals surface area (Å²) in [5.41, 5.74) is 2.96. The molecule has 2 aromatic rings. The average molecular weight is 417 g/mol. The molecule has 1 aliphatic rings. The van der Waals surface area contributed by atoms with Gasteiger partial charge >= 0.3 is 0 Å². The van der Waals surface area contributed by atoms with Crippen LogP contribution in [0.4, 0.5) is 0 Å². The number of hydrogen-bond acceptors (Lipinski definition) is 4. The topological polar surface area (TPSA) is 75.7 Å². The van der Waals surface area contributed by atoms with E-state index in [1.807, 2.05) is 38.1 Å². The van der Waals surface area contributed by atoms with Gasteiger partial charge in [-0.25, -0.2) is 8.42 Å². The molecular weight excluding hydrogens is 388 g/mol. The lowest BCUT2D eigenvalue weighted by Gasteiger charge is -2.31. The third kappa shape index (κ3) is 4.97. The zero-order chi connectivity index (χ0) is 21.0. The summed E-state index contributed by atoms with van der Waals surface area (Å²) in [5, 5.41) is 2.95. The van der Waals surface area contributed by atoms with Gasteiger partial charge in [-0.05, 0) is 56.0 Å². The van der Waals surface area contributed by atoms with Gasteiger partial charge in [-0.3, -0.25) is 4.79 Å². The van der Waals surface area contributed by atoms with Gasteiger partial charge in [-0.15, -0.1) is 0 Å². The molecule has 1 saturated heterocycles. The monoisotopic (exact) mass is 416 g/mol. The molecule has 7 heteroatoms. The molecule has 1 aliphatic heterocycles. The van der Waals surface area contributed by atoms with Gasteiger partial charge in [0.1, 0.15) is 5.75 Å². The Morgan fingerprint density at radius 2 is 1.90 bits per heavy atom. The Bertz CT molecular complexity index is 971. The van der Waals surface area contributed by atoms with E-state index in [-0.39, 0.29) is 23.3 Å². The van der Waals surface area contributed by atoms with Crippen molar-refractivity contribution in [2.75, 3.05) is 20.2 Å². The number of amides is 1. The molecule has 1 amide bonds. The van der Waals surface area contributed by atoms with E-state index in [1.165, 1.54) is 9.87 Å². The zero-order valence-corrected chi connectivity index (χ0v) is 18.0. The summed E-state index contributed by atoms with van der Waals surface area (Å²) in [7, 11) is -2.09. The maximum Gasteiger partial charge on any atom is 0.243 e. The van der Waals surface area contributed by atoms with Crippen LogP contribution in [0.1, 0.15) is 29.5 Å². The summed E-state index contributed by atoms with van der Waals surface area (Å²) in [6.07, 6.45) is 1.35. The fourth-order valence-electron chi connectivity index (χ4n) is 3.57. The first-order valence-electron chi connectivity index (χ1n) is 9.79. The summed E-state index contributed by atoms with van der Waals surface area (Å²) in [5.74, 6) is 0.204. The molecule has 0 spiro atoms. The number of rotatable bonds is 6. The summed E-state index contributed by atoms with van der Waals surface area (Å²) in [6.45, 7) is 4.90. The Morgan fingerprint density at radius 1 is 1.17 bits per heavy atom. The molecular formula is C22H28N2O4S. The van der Waals surface area contributed by atoms with Crippen molar-refractivity contribution < 1.29 is 17.9 Å². The lowest BCUT2D eigenvalue weighted by molar-refractivity contribution is -0.126. The highest BCUT2D eigenvalue weighted by atomic mass is 32.2. The molecule has 1 heterocycles. The van der Waals surface area contributed by atoms with Crippen LogP contribution >= 0.6 is 0 Å². The van der Waals surface area contributed by atoms with Gasteiger partial charge in [-0.1, -0.05) is 29.8 Å². The van der Waals surface area contributed by atoms with Crippen LogP contribution in [0.25, 0.3) is 0 Å². The molecule has 3 rings (SSSR count). The van der Waals surface area contributed by atoms with E-state index in [2.05, 4.69) is 5.32 Å². The molecule has 0 unspecified atom stereocenters. The second-order valence-electron chi connectivity index (χ2n) is 7.54. The molecule has 1 N–H and O–H groups in total. The molecule has 0 aliphatic carbocycles. The minimum Gasteiger partial charge on any atom is -0.496 e. The predicted octanol–water partition coefficient (Wildman–Crippen LogP) is 3.03. The number of methoxy groups -OCH3 is 1. The fourth-order valence-corrected chi connectivity index (χ4v) is 5.18. The quantitative estimate of drug-likeness (QED) is 0.785. The van der Waals surface area contributed by atoms with Crippen LogP contribution in [0.15, 0.2) is 47.4 Å². The van der Waals surface area contributed by atoms with Gasteiger partial charge in [0.05, 0.1) is 17.9 Å². The first-order valence-corrected chi connectivity index (χ1v) is 11.2. The third-order valence-corrected chi connectivity index (χ3v) is 7.21. The molecule has 1 fully saturated rings. The third-order valence-electron chi connectivity index (χ3n) is 5.35. The van der Waals surface area contributed by atoms with Gasteiger partial charge in [0.2, 0.25) is 15.9 Å². The Hall–Kier alpha value is -2.38. The number of carbonyl (C=O) groups excluding carboxylic acids is 1. The molecule has 29 heavy (non-hydrogen) atoms. The van der Waals surface area contributed by atoms with Crippen LogP contribution in [0.2, 0.25) is 0 Å². The number of carbonyl (C=O) groups is 1. The Kier molecular flexibility index (Phi) is 6.59. The Morgan fingerprint density at radius 3 is 2.55 bits per heavy atom. The highest BCUT2D eigenvalue weighted by Gasteiger charge is 2.33. The minimum atomic E-state index is -3.65. The molecule has 0 bridgehead atoms. The van der Waals surface area contributed by atoms with Crippen LogP contribution in [-0.4, -0.2) is 38.8 Å². The highest BCUT2D eigenvalue weighted by molar-refractivity contribution is 7.89. The Balaban J connectivity index is 1.66. The van der Waals surface area contributed by atoms with E-state index in [0.29, 0.717) is 31.7 Å². The van der Waals surface area contributed by atoms with Crippen molar-refractivity contribution in [3.63, 3.8) is 0 Å². The van der Waals surface area contributed by atoms with E-state index in [0.717, 1.165) is 11.1 Å². The predicted molar refractivity (Wildman–Crippen MR) is 112 cm³/mol. The number of aryl methyl sites for hydroxylation is 2. The van der Waals surface area contributed by atoms with E-state index in [9.17, 15) is 13.2 Å². The van der Waals surface area contributed by atoms with Gasteiger partial charge in [0.25, 0.3) is 0 Å². The number of piperidine rings is 1. The van der Waals surface area contributed by atoms with E-state index >= 15 is 0 Å². The molecule has 0 saturated carbocycles. The lowest BCUT2D eigenvalue weighted by Crippen LogP contribution is -2.45. The van der Waals surface area contributed by atoms with Crippen molar-refractivity contribution >= 4 is 15.9 Å². The van der Waals surface area contributed by atoms with Gasteiger partial charge in [0.15, 0.2) is 0 Å². The van der Waals surface area contributed by atoms with Gasteiger partial charge < -0.3 is 10.1 Å². The van der Waals surface area contributed by atoms with Crippen LogP contribution in [0.5, 0.6) is 5.75 Å². The van der Waals surface area contributed by atoms with Gasteiger partial charge in [-0.2, -0.15) is 4.31 Å². The SMILES string of the molecule is COc1ccc(S(=O)(=O)N2CCC[C@H](C(=O)NCc3ccc(C)cc3)C2)cc1C. The first kappa shape index (κ1) is 21.3. The van der Waals surface area contributed by atoms with E-state index < -0.39 is 10.0 Å². The van der Waals surface area contributed by atoms with Crippen molar-refractivity contribution in [3.8, 4) is 5.75 Å². The molecule has 0 radical (unpaired) electrons. The summed E-state index contributed by atoms with van der Waals surface area (Å²) in [6, 6.07) is 12.8. The maximum atomic E-state index is 13.1. The molecule has 156 valence electrons. The van der Waals surface area contributed by atoms with Crippen molar-refractivity contribution in [2.24, 2.45) is 5.92 Å². The lowest BCUT2D eigenvalue weighted by atomic mass is 9.98. The summed E-state index contributed by atoms with van der Waals surface area (Å²) in [4.78, 5) is 12.9. The number of sulfonamides is 1. The number of hydrogen-bond donors (Lipinski definition) is 1. The van der Waals surface area contributed by atoms with Crippen molar-refractivity contribution in [1.82, 2.24) is 9.62 Å². The van der Waals surface area contributed by atoms with Crippen LogP contribution in [0, 0.1) is 19.8 Å². The molecule has 6 nitrogen and oxygen atoms in total. The molecule has 0 aromatic heterocycles. The second kappa shape index (κ2) is 8.97. The number of ether oxygens (including phenoxy) is 1. The normalized spacial score (nSPS) is 17.7. The fraction of sp³-hybridized carbons (Fsp3) is 0.409. The standard InChI is InChI=1S/C22H28N2O4S/c1-16-6-8-18(9-7-16)14-23-22(25)19-5-4-12-24(15-19)29(26,27)20-10-11-21(28-3)17(2)13-20/h6-11,13,19H,4-5,12,14-15H2,1-3H3,(H,23,25)/t19-/m0/s1. The minimum absolute atomic E-state index is 0.101. The summed E-state index contributed by atoms with van der Waals surface area (Å²) < 4.78 is 32.8. The number of nitrogens with zero attached hydrogens (tertiary/aromatic N) is 1. The van der Waals surface area contributed by atoms with Crippen LogP contribution < -0.4 is 10.1 Å². The van der Waals surface area contributed by atoms with E-state index in [4.69, 9.17) is 4.74 Å². The zero-order valence-electron chi connectivity index (χ0n) is 17.1. The molecule has 2 aromatic carbocycles. The largest absolute Gasteiger partial charge is 0.496 e. The van der Waals surface area contributed by atoms with Gasteiger partial charge in [0, 0.05) is 19.6 Å². The Labute approximate surface area is 172 Å². The average Bonchev–Trinajstić information content (AvgIpc) is 2.73. The van der Waals surface area contributed by atoms with E-state index in [1.54, 1.807) is 25.3 Å². The van der Waals surface area contributed by atoms with Crippen molar-refractivity contribution in [3.05, 3.63) is 59.2 Å². The maximum absolute atomic E-state index is 13.1. The second-order valence-corrected chi connectivity index (χ2v) is 9.47. The summed E-state index contributed by atoms with van der Waals surface area (Å²) >= 11 is 0.